The third kappa shape index (κ3) is 4.93. The molecule has 29 heavy (non-hydrogen) atoms. The minimum absolute atomic E-state index is 0.350. The highest BCUT2D eigenvalue weighted by atomic mass is 35.5. The minimum atomic E-state index is -0.554. The molecule has 0 saturated heterocycles. The summed E-state index contributed by atoms with van der Waals surface area (Å²) in [5.41, 5.74) is 1.26. The average molecular weight is 435 g/mol. The summed E-state index contributed by atoms with van der Waals surface area (Å²) in [6, 6.07) is 9.27. The largest absolute Gasteiger partial charge is 0.497 e. The second-order valence-corrected chi connectivity index (χ2v) is 7.02. The highest BCUT2D eigenvalue weighted by Gasteiger charge is 2.22. The first-order valence-electron chi connectivity index (χ1n) is 8.64. The van der Waals surface area contributed by atoms with Gasteiger partial charge in [-0.3, -0.25) is 0 Å². The first-order valence-corrected chi connectivity index (χ1v) is 9.39. The molecule has 0 radical (unpaired) electrons. The number of imidazole rings is 1. The summed E-state index contributed by atoms with van der Waals surface area (Å²) < 4.78 is 12.5. The van der Waals surface area contributed by atoms with Gasteiger partial charge >= 0.3 is 6.03 Å². The molecule has 1 aromatic heterocycles. The molecule has 0 aliphatic rings. The summed E-state index contributed by atoms with van der Waals surface area (Å²) in [4.78, 5) is 17.1. The number of methoxy groups -OCH3 is 2. The molecule has 3 aromatic rings. The van der Waals surface area contributed by atoms with E-state index in [1.807, 2.05) is 23.7 Å². The van der Waals surface area contributed by atoms with E-state index in [4.69, 9.17) is 32.7 Å². The van der Waals surface area contributed by atoms with Gasteiger partial charge in [0, 0.05) is 31.2 Å². The van der Waals surface area contributed by atoms with Crippen LogP contribution in [0.2, 0.25) is 10.0 Å². The maximum absolute atomic E-state index is 12.7. The van der Waals surface area contributed by atoms with Crippen molar-refractivity contribution in [1.82, 2.24) is 14.9 Å². The second kappa shape index (κ2) is 9.07. The summed E-state index contributed by atoms with van der Waals surface area (Å²) in [5, 5.41) is 6.46. The number of carbonyl (C=O) groups excluding carboxylic acids is 1. The average Bonchev–Trinajstić information content (AvgIpc) is 3.14. The summed E-state index contributed by atoms with van der Waals surface area (Å²) in [7, 11) is 4.99. The third-order valence-corrected chi connectivity index (χ3v) is 5.02. The van der Waals surface area contributed by atoms with E-state index in [0.29, 0.717) is 33.1 Å². The Bertz CT molecular complexity index is 1000. The van der Waals surface area contributed by atoms with Crippen LogP contribution >= 0.6 is 23.2 Å². The molecule has 0 spiro atoms. The number of ether oxygens (including phenoxy) is 2. The lowest BCUT2D eigenvalue weighted by Crippen LogP contribution is -2.34. The Morgan fingerprint density at radius 1 is 1.07 bits per heavy atom. The number of hydrogen-bond donors (Lipinski definition) is 2. The SMILES string of the molecule is COc1cc(OC)cc([C@@H](NC(=O)Nc2ccc(Cl)c(Cl)c2)c2nccn2C)c1. The van der Waals surface area contributed by atoms with Crippen LogP contribution in [-0.2, 0) is 7.05 Å². The van der Waals surface area contributed by atoms with Gasteiger partial charge in [0.25, 0.3) is 0 Å². The molecule has 1 heterocycles. The number of aryl methyl sites for hydroxylation is 1. The van der Waals surface area contributed by atoms with Crippen LogP contribution in [0.1, 0.15) is 17.4 Å². The Kier molecular flexibility index (Phi) is 6.51. The van der Waals surface area contributed by atoms with Gasteiger partial charge in [-0.05, 0) is 35.9 Å². The van der Waals surface area contributed by atoms with Crippen molar-refractivity contribution >= 4 is 34.9 Å². The number of rotatable bonds is 6. The zero-order valence-corrected chi connectivity index (χ0v) is 17.6. The summed E-state index contributed by atoms with van der Waals surface area (Å²) >= 11 is 12.0. The van der Waals surface area contributed by atoms with Crippen molar-refractivity contribution in [2.45, 2.75) is 6.04 Å². The summed E-state index contributed by atoms with van der Waals surface area (Å²) in [6.45, 7) is 0. The van der Waals surface area contributed by atoms with Gasteiger partial charge in [-0.2, -0.15) is 0 Å². The van der Waals surface area contributed by atoms with E-state index in [1.54, 1.807) is 50.9 Å². The van der Waals surface area contributed by atoms with Crippen molar-refractivity contribution in [3.8, 4) is 11.5 Å². The normalized spacial score (nSPS) is 11.6. The standard InChI is InChI=1S/C20H20Cl2N4O3/c1-26-7-6-23-19(26)18(12-8-14(28-2)11-15(9-12)29-3)25-20(27)24-13-4-5-16(21)17(22)10-13/h4-11,18H,1-3H3,(H2,24,25,27)/t18-/m1/s1. The van der Waals surface area contributed by atoms with Crippen molar-refractivity contribution in [1.29, 1.82) is 0 Å². The quantitative estimate of drug-likeness (QED) is 0.591. The van der Waals surface area contributed by atoms with Gasteiger partial charge in [0.15, 0.2) is 0 Å². The van der Waals surface area contributed by atoms with E-state index >= 15 is 0 Å². The van der Waals surface area contributed by atoms with Gasteiger partial charge in [0.2, 0.25) is 0 Å². The molecule has 3 rings (SSSR count). The van der Waals surface area contributed by atoms with Gasteiger partial charge in [0.05, 0.1) is 24.3 Å². The maximum atomic E-state index is 12.7. The molecule has 152 valence electrons. The van der Waals surface area contributed by atoms with Crippen LogP contribution < -0.4 is 20.1 Å². The van der Waals surface area contributed by atoms with Crippen LogP contribution in [0, 0.1) is 0 Å². The van der Waals surface area contributed by atoms with E-state index in [1.165, 1.54) is 0 Å². The molecule has 2 N–H and O–H groups in total. The first kappa shape index (κ1) is 20.8. The van der Waals surface area contributed by atoms with Crippen molar-refractivity contribution in [2.75, 3.05) is 19.5 Å². The van der Waals surface area contributed by atoms with E-state index < -0.39 is 12.1 Å². The fraction of sp³-hybridized carbons (Fsp3) is 0.200. The molecule has 2 aromatic carbocycles. The van der Waals surface area contributed by atoms with Gasteiger partial charge in [-0.15, -0.1) is 0 Å². The number of amides is 2. The molecule has 0 bridgehead atoms. The molecule has 0 unspecified atom stereocenters. The van der Waals surface area contributed by atoms with Crippen molar-refractivity contribution in [3.05, 3.63) is 70.2 Å². The fourth-order valence-electron chi connectivity index (χ4n) is 2.82. The Balaban J connectivity index is 1.91. The Hall–Kier alpha value is -2.90. The van der Waals surface area contributed by atoms with E-state index in [9.17, 15) is 4.79 Å². The van der Waals surface area contributed by atoms with E-state index in [0.717, 1.165) is 5.56 Å². The van der Waals surface area contributed by atoms with E-state index in [2.05, 4.69) is 15.6 Å². The van der Waals surface area contributed by atoms with Crippen LogP contribution in [0.5, 0.6) is 11.5 Å². The monoisotopic (exact) mass is 434 g/mol. The lowest BCUT2D eigenvalue weighted by atomic mass is 10.1. The number of aromatic nitrogens is 2. The number of halogens is 2. The molecule has 9 heteroatoms. The summed E-state index contributed by atoms with van der Waals surface area (Å²) in [6.07, 6.45) is 3.47. The molecule has 0 aliphatic heterocycles. The maximum Gasteiger partial charge on any atom is 0.320 e. The number of hydrogen-bond acceptors (Lipinski definition) is 4. The topological polar surface area (TPSA) is 77.4 Å². The van der Waals surface area contributed by atoms with Gasteiger partial charge in [-0.1, -0.05) is 23.2 Å². The number of benzene rings is 2. The first-order chi connectivity index (χ1) is 13.9. The Morgan fingerprint density at radius 3 is 2.31 bits per heavy atom. The van der Waals surface area contributed by atoms with Crippen molar-refractivity contribution in [3.63, 3.8) is 0 Å². The zero-order valence-electron chi connectivity index (χ0n) is 16.1. The lowest BCUT2D eigenvalue weighted by molar-refractivity contribution is 0.249. The van der Waals surface area contributed by atoms with Crippen LogP contribution in [0.4, 0.5) is 10.5 Å². The number of anilines is 1. The second-order valence-electron chi connectivity index (χ2n) is 6.20. The zero-order chi connectivity index (χ0) is 21.0. The predicted octanol–water partition coefficient (Wildman–Crippen LogP) is 4.66. The van der Waals surface area contributed by atoms with Crippen molar-refractivity contribution in [2.24, 2.45) is 7.05 Å². The number of urea groups is 1. The predicted molar refractivity (Wildman–Crippen MR) is 113 cm³/mol. The number of nitrogens with zero attached hydrogens (tertiary/aromatic N) is 2. The van der Waals surface area contributed by atoms with Gasteiger partial charge in [-0.25, -0.2) is 9.78 Å². The number of carbonyl (C=O) groups is 1. The molecular weight excluding hydrogens is 415 g/mol. The van der Waals surface area contributed by atoms with Crippen LogP contribution in [0.25, 0.3) is 0 Å². The number of nitrogens with one attached hydrogen (secondary N) is 2. The smallest absolute Gasteiger partial charge is 0.320 e. The minimum Gasteiger partial charge on any atom is -0.497 e. The highest BCUT2D eigenvalue weighted by molar-refractivity contribution is 6.42. The fourth-order valence-corrected chi connectivity index (χ4v) is 3.12. The van der Waals surface area contributed by atoms with Crippen molar-refractivity contribution < 1.29 is 14.3 Å². The molecule has 0 saturated carbocycles. The summed E-state index contributed by atoms with van der Waals surface area (Å²) in [5.74, 6) is 1.85. The molecule has 1 atom stereocenters. The third-order valence-electron chi connectivity index (χ3n) is 4.28. The van der Waals surface area contributed by atoms with E-state index in [-0.39, 0.29) is 0 Å². The highest BCUT2D eigenvalue weighted by Crippen LogP contribution is 2.30. The molecule has 7 nitrogen and oxygen atoms in total. The molecular formula is C20H20Cl2N4O3. The van der Waals surface area contributed by atoms with Crippen LogP contribution in [-0.4, -0.2) is 29.8 Å². The lowest BCUT2D eigenvalue weighted by Gasteiger charge is -2.21. The van der Waals surface area contributed by atoms with Gasteiger partial charge < -0.3 is 24.7 Å². The van der Waals surface area contributed by atoms with Crippen LogP contribution in [0.3, 0.4) is 0 Å². The van der Waals surface area contributed by atoms with Crippen LogP contribution in [0.15, 0.2) is 48.8 Å². The molecule has 0 fully saturated rings. The molecule has 2 amide bonds. The Morgan fingerprint density at radius 2 is 1.76 bits per heavy atom. The van der Waals surface area contributed by atoms with Gasteiger partial charge in [0.1, 0.15) is 23.4 Å². The molecule has 0 aliphatic carbocycles. The Labute approximate surface area is 178 Å².